The van der Waals surface area contributed by atoms with Crippen molar-refractivity contribution < 1.29 is 19.4 Å². The number of para-hydroxylation sites is 1. The highest BCUT2D eigenvalue weighted by Gasteiger charge is 2.32. The molecule has 3 rings (SSSR count). The van der Waals surface area contributed by atoms with E-state index in [1.807, 2.05) is 42.0 Å². The van der Waals surface area contributed by atoms with Gasteiger partial charge in [0.2, 0.25) is 5.91 Å². The van der Waals surface area contributed by atoms with Crippen molar-refractivity contribution in [3.05, 3.63) is 36.0 Å². The zero-order valence-corrected chi connectivity index (χ0v) is 12.4. The monoisotopic (exact) mass is 302 g/mol. The van der Waals surface area contributed by atoms with Gasteiger partial charge in [-0.1, -0.05) is 18.2 Å². The fourth-order valence-corrected chi connectivity index (χ4v) is 2.90. The van der Waals surface area contributed by atoms with Crippen LogP contribution in [-0.4, -0.2) is 52.3 Å². The minimum absolute atomic E-state index is 0.0481. The zero-order chi connectivity index (χ0) is 15.7. The maximum absolute atomic E-state index is 12.5. The smallest absolute Gasteiger partial charge is 0.328 e. The van der Waals surface area contributed by atoms with E-state index in [0.29, 0.717) is 13.2 Å². The van der Waals surface area contributed by atoms with E-state index in [9.17, 15) is 14.7 Å². The zero-order valence-electron chi connectivity index (χ0n) is 12.4. The Morgan fingerprint density at radius 1 is 1.36 bits per heavy atom. The molecule has 2 aromatic rings. The summed E-state index contributed by atoms with van der Waals surface area (Å²) >= 11 is 0. The molecule has 0 spiro atoms. The number of carboxylic acid groups (broad SMARTS) is 1. The summed E-state index contributed by atoms with van der Waals surface area (Å²) in [6, 6.07) is 6.97. The number of hydrogen-bond acceptors (Lipinski definition) is 3. The highest BCUT2D eigenvalue weighted by atomic mass is 16.5. The van der Waals surface area contributed by atoms with Crippen molar-refractivity contribution in [1.29, 1.82) is 0 Å². The van der Waals surface area contributed by atoms with Crippen molar-refractivity contribution in [3.8, 4) is 0 Å². The average Bonchev–Trinajstić information content (AvgIpc) is 2.84. The van der Waals surface area contributed by atoms with E-state index in [0.717, 1.165) is 16.5 Å². The lowest BCUT2D eigenvalue weighted by Gasteiger charge is -2.33. The van der Waals surface area contributed by atoms with Gasteiger partial charge < -0.3 is 19.3 Å². The number of hydrogen-bond donors (Lipinski definition) is 1. The number of amides is 1. The van der Waals surface area contributed by atoms with Crippen LogP contribution in [0.3, 0.4) is 0 Å². The molecule has 0 saturated carbocycles. The van der Waals surface area contributed by atoms with Crippen LogP contribution in [0.4, 0.5) is 0 Å². The molecule has 1 atom stereocenters. The summed E-state index contributed by atoms with van der Waals surface area (Å²) in [5.74, 6) is -1.22. The Kier molecular flexibility index (Phi) is 3.85. The van der Waals surface area contributed by atoms with Crippen LogP contribution >= 0.6 is 0 Å². The minimum Gasteiger partial charge on any atom is -0.480 e. The number of aromatic nitrogens is 1. The quantitative estimate of drug-likeness (QED) is 0.926. The van der Waals surface area contributed by atoms with Crippen molar-refractivity contribution >= 4 is 22.8 Å². The summed E-state index contributed by atoms with van der Waals surface area (Å²) in [5, 5.41) is 10.3. The molecule has 2 heterocycles. The Morgan fingerprint density at radius 3 is 2.91 bits per heavy atom. The van der Waals surface area contributed by atoms with E-state index in [4.69, 9.17) is 4.74 Å². The van der Waals surface area contributed by atoms with E-state index in [1.165, 1.54) is 4.90 Å². The molecule has 1 saturated heterocycles. The van der Waals surface area contributed by atoms with Gasteiger partial charge in [0, 0.05) is 23.6 Å². The number of carbonyl (C=O) groups excluding carboxylic acids is 1. The third-order valence-electron chi connectivity index (χ3n) is 4.03. The summed E-state index contributed by atoms with van der Waals surface area (Å²) in [6.45, 7) is 2.87. The van der Waals surface area contributed by atoms with Crippen LogP contribution in [0.5, 0.6) is 0 Å². The molecule has 116 valence electrons. The Balaban J connectivity index is 1.85. The third-order valence-corrected chi connectivity index (χ3v) is 4.03. The van der Waals surface area contributed by atoms with Gasteiger partial charge in [-0.2, -0.15) is 0 Å². The second kappa shape index (κ2) is 5.81. The molecule has 6 heteroatoms. The van der Waals surface area contributed by atoms with Gasteiger partial charge in [0.05, 0.1) is 13.2 Å². The van der Waals surface area contributed by atoms with Crippen LogP contribution in [0.15, 0.2) is 30.5 Å². The summed E-state index contributed by atoms with van der Waals surface area (Å²) in [7, 11) is 0. The Hall–Kier alpha value is -2.34. The second-order valence-electron chi connectivity index (χ2n) is 5.47. The van der Waals surface area contributed by atoms with Gasteiger partial charge in [0.1, 0.15) is 6.54 Å². The molecule has 0 radical (unpaired) electrons. The van der Waals surface area contributed by atoms with E-state index >= 15 is 0 Å². The van der Waals surface area contributed by atoms with Gasteiger partial charge in [0.15, 0.2) is 6.04 Å². The lowest BCUT2D eigenvalue weighted by Crippen LogP contribution is -2.53. The average molecular weight is 302 g/mol. The number of rotatable bonds is 3. The minimum atomic E-state index is -1.03. The van der Waals surface area contributed by atoms with Crippen LogP contribution in [0, 0.1) is 6.92 Å². The number of aryl methyl sites for hydroxylation is 1. The molecule has 6 nitrogen and oxygen atoms in total. The van der Waals surface area contributed by atoms with E-state index in [1.54, 1.807) is 0 Å². The van der Waals surface area contributed by atoms with Gasteiger partial charge in [-0.05, 0) is 18.6 Å². The number of ether oxygens (including phenoxy) is 1. The molecule has 0 bridgehead atoms. The first-order valence-corrected chi connectivity index (χ1v) is 7.22. The lowest BCUT2D eigenvalue weighted by atomic mass is 10.2. The number of nitrogens with zero attached hydrogens (tertiary/aromatic N) is 2. The van der Waals surface area contributed by atoms with Crippen molar-refractivity contribution in [2.24, 2.45) is 0 Å². The maximum Gasteiger partial charge on any atom is 0.328 e. The standard InChI is InChI=1S/C16H18N2O4/c1-11-8-17(13-5-3-2-4-12(11)13)9-15(19)18-6-7-22-10-14(18)16(20)21/h2-5,8,14H,6-7,9-10H2,1H3,(H,20,21)/t14-/m1/s1. The largest absolute Gasteiger partial charge is 0.480 e. The van der Waals surface area contributed by atoms with Crippen molar-refractivity contribution in [3.63, 3.8) is 0 Å². The molecular formula is C16H18N2O4. The van der Waals surface area contributed by atoms with E-state index in [2.05, 4.69) is 0 Å². The highest BCUT2D eigenvalue weighted by molar-refractivity contribution is 5.87. The first kappa shape index (κ1) is 14.6. The maximum atomic E-state index is 12.5. The summed E-state index contributed by atoms with van der Waals surface area (Å²) in [5.41, 5.74) is 2.08. The molecular weight excluding hydrogens is 284 g/mol. The summed E-state index contributed by atoms with van der Waals surface area (Å²) in [6.07, 6.45) is 1.93. The van der Waals surface area contributed by atoms with Gasteiger partial charge in [-0.25, -0.2) is 4.79 Å². The second-order valence-corrected chi connectivity index (χ2v) is 5.47. The highest BCUT2D eigenvalue weighted by Crippen LogP contribution is 2.21. The molecule has 1 aromatic carbocycles. The predicted octanol–water partition coefficient (Wildman–Crippen LogP) is 1.26. The van der Waals surface area contributed by atoms with Crippen LogP contribution in [-0.2, 0) is 20.9 Å². The fraction of sp³-hybridized carbons (Fsp3) is 0.375. The lowest BCUT2D eigenvalue weighted by molar-refractivity contribution is -0.158. The van der Waals surface area contributed by atoms with E-state index in [-0.39, 0.29) is 19.1 Å². The van der Waals surface area contributed by atoms with Gasteiger partial charge in [0.25, 0.3) is 0 Å². The van der Waals surface area contributed by atoms with E-state index < -0.39 is 12.0 Å². The molecule has 1 N–H and O–H groups in total. The SMILES string of the molecule is Cc1cn(CC(=O)N2CCOC[C@@H]2C(=O)O)c2ccccc12. The Labute approximate surface area is 127 Å². The first-order valence-electron chi connectivity index (χ1n) is 7.22. The molecule has 1 fully saturated rings. The fourth-order valence-electron chi connectivity index (χ4n) is 2.90. The number of aliphatic carboxylic acids is 1. The molecule has 0 unspecified atom stereocenters. The normalized spacial score (nSPS) is 18.6. The predicted molar refractivity (Wildman–Crippen MR) is 80.6 cm³/mol. The molecule has 1 aliphatic rings. The van der Waals surface area contributed by atoms with Crippen LogP contribution in [0.2, 0.25) is 0 Å². The van der Waals surface area contributed by atoms with Crippen molar-refractivity contribution in [2.75, 3.05) is 19.8 Å². The number of morpholine rings is 1. The molecule has 22 heavy (non-hydrogen) atoms. The molecule has 1 aromatic heterocycles. The summed E-state index contributed by atoms with van der Waals surface area (Å²) < 4.78 is 7.04. The third kappa shape index (κ3) is 2.57. The van der Waals surface area contributed by atoms with Gasteiger partial charge in [-0.3, -0.25) is 4.79 Å². The van der Waals surface area contributed by atoms with Crippen LogP contribution in [0.25, 0.3) is 10.9 Å². The molecule has 0 aliphatic carbocycles. The number of benzene rings is 1. The first-order chi connectivity index (χ1) is 10.6. The number of carbonyl (C=O) groups is 2. The topological polar surface area (TPSA) is 71.8 Å². The van der Waals surface area contributed by atoms with Gasteiger partial charge >= 0.3 is 5.97 Å². The van der Waals surface area contributed by atoms with Crippen LogP contribution in [0.1, 0.15) is 5.56 Å². The van der Waals surface area contributed by atoms with Crippen LogP contribution < -0.4 is 0 Å². The number of fused-ring (bicyclic) bond motifs is 1. The summed E-state index contributed by atoms with van der Waals surface area (Å²) in [4.78, 5) is 25.2. The van der Waals surface area contributed by atoms with Crippen molar-refractivity contribution in [1.82, 2.24) is 9.47 Å². The Bertz CT molecular complexity index is 722. The number of carboxylic acids is 1. The molecule has 1 aliphatic heterocycles. The molecule has 1 amide bonds. The van der Waals surface area contributed by atoms with Crippen molar-refractivity contribution in [2.45, 2.75) is 19.5 Å². The Morgan fingerprint density at radius 2 is 2.14 bits per heavy atom. The van der Waals surface area contributed by atoms with Gasteiger partial charge in [-0.15, -0.1) is 0 Å².